The zero-order valence-electron chi connectivity index (χ0n) is 9.07. The van der Waals surface area contributed by atoms with Crippen molar-refractivity contribution < 1.29 is 20.1 Å². The number of hydrogen-bond acceptors (Lipinski definition) is 4. The topological polar surface area (TPSA) is 69.9 Å². The van der Waals surface area contributed by atoms with Gasteiger partial charge in [0, 0.05) is 12.0 Å². The maximum atomic E-state index is 9.13. The highest BCUT2D eigenvalue weighted by molar-refractivity contribution is 4.76. The van der Waals surface area contributed by atoms with Crippen LogP contribution in [0, 0.1) is 5.41 Å². The second-order valence-electron chi connectivity index (χ2n) is 3.80. The molecule has 0 aliphatic carbocycles. The predicted octanol–water partition coefficient (Wildman–Crippen LogP) is 0.155. The van der Waals surface area contributed by atoms with E-state index in [1.165, 1.54) is 0 Å². The zero-order valence-corrected chi connectivity index (χ0v) is 9.07. The third kappa shape index (κ3) is 4.37. The van der Waals surface area contributed by atoms with E-state index in [0.717, 1.165) is 0 Å². The van der Waals surface area contributed by atoms with E-state index in [-0.39, 0.29) is 25.9 Å². The normalized spacial score (nSPS) is 14.4. The summed E-state index contributed by atoms with van der Waals surface area (Å²) in [6.45, 7) is 4.05. The molecule has 4 nitrogen and oxygen atoms in total. The largest absolute Gasteiger partial charge is 0.396 e. The molecule has 1 atom stereocenters. The van der Waals surface area contributed by atoms with Crippen molar-refractivity contribution in [2.45, 2.75) is 32.8 Å². The van der Waals surface area contributed by atoms with Crippen molar-refractivity contribution in [2.24, 2.45) is 5.41 Å². The van der Waals surface area contributed by atoms with Crippen molar-refractivity contribution >= 4 is 0 Å². The van der Waals surface area contributed by atoms with Crippen molar-refractivity contribution in [2.75, 3.05) is 26.4 Å². The highest BCUT2D eigenvalue weighted by Crippen LogP contribution is 2.21. The molecule has 4 heteroatoms. The van der Waals surface area contributed by atoms with Gasteiger partial charge >= 0.3 is 0 Å². The minimum Gasteiger partial charge on any atom is -0.396 e. The van der Waals surface area contributed by atoms with Crippen LogP contribution in [0.2, 0.25) is 0 Å². The average Bonchev–Trinajstić information content (AvgIpc) is 2.21. The number of hydrogen-bond donors (Lipinski definition) is 3. The van der Waals surface area contributed by atoms with E-state index >= 15 is 0 Å². The van der Waals surface area contributed by atoms with Gasteiger partial charge in [0.25, 0.3) is 0 Å². The first-order valence-corrected chi connectivity index (χ1v) is 5.08. The quantitative estimate of drug-likeness (QED) is 0.529. The molecule has 0 heterocycles. The molecule has 14 heavy (non-hydrogen) atoms. The Morgan fingerprint density at radius 1 is 1.21 bits per heavy atom. The van der Waals surface area contributed by atoms with Gasteiger partial charge in [-0.1, -0.05) is 6.92 Å². The van der Waals surface area contributed by atoms with Crippen LogP contribution in [0.3, 0.4) is 0 Å². The van der Waals surface area contributed by atoms with Crippen LogP contribution in [-0.4, -0.2) is 47.9 Å². The monoisotopic (exact) mass is 206 g/mol. The average molecular weight is 206 g/mol. The molecule has 0 radical (unpaired) electrons. The Hall–Kier alpha value is -0.160. The maximum Gasteiger partial charge on any atom is 0.0570 e. The summed E-state index contributed by atoms with van der Waals surface area (Å²) in [7, 11) is 0. The summed E-state index contributed by atoms with van der Waals surface area (Å²) < 4.78 is 5.44. The zero-order chi connectivity index (χ0) is 11.0. The molecular weight excluding hydrogens is 184 g/mol. The second kappa shape index (κ2) is 7.17. The fourth-order valence-corrected chi connectivity index (χ4v) is 1.05. The molecule has 0 spiro atoms. The standard InChI is InChI=1S/C10H22O4/c1-3-10(6-12,7-13)8-14-9(2)4-5-11/h9,11-13H,3-8H2,1-2H3. The van der Waals surface area contributed by atoms with Crippen LogP contribution < -0.4 is 0 Å². The van der Waals surface area contributed by atoms with Crippen molar-refractivity contribution in [1.82, 2.24) is 0 Å². The lowest BCUT2D eigenvalue weighted by molar-refractivity contribution is -0.0581. The molecule has 0 saturated heterocycles. The van der Waals surface area contributed by atoms with E-state index < -0.39 is 5.41 Å². The van der Waals surface area contributed by atoms with Gasteiger partial charge in [0.05, 0.1) is 25.9 Å². The van der Waals surface area contributed by atoms with E-state index in [9.17, 15) is 0 Å². The molecule has 3 N–H and O–H groups in total. The molecular formula is C10H22O4. The number of aliphatic hydroxyl groups is 3. The van der Waals surface area contributed by atoms with Crippen LogP contribution in [0.1, 0.15) is 26.7 Å². The summed E-state index contributed by atoms with van der Waals surface area (Å²) in [6.07, 6.45) is 1.21. The minimum atomic E-state index is -0.538. The van der Waals surface area contributed by atoms with E-state index in [1.54, 1.807) is 0 Å². The van der Waals surface area contributed by atoms with E-state index in [0.29, 0.717) is 19.4 Å². The Bertz CT molecular complexity index is 126. The number of ether oxygens (including phenoxy) is 1. The fourth-order valence-electron chi connectivity index (χ4n) is 1.05. The van der Waals surface area contributed by atoms with Gasteiger partial charge in [0.1, 0.15) is 0 Å². The molecule has 0 aromatic heterocycles. The Kier molecular flexibility index (Phi) is 7.09. The summed E-state index contributed by atoms with van der Waals surface area (Å²) in [5.74, 6) is 0. The predicted molar refractivity (Wildman–Crippen MR) is 54.0 cm³/mol. The van der Waals surface area contributed by atoms with E-state index in [1.807, 2.05) is 13.8 Å². The molecule has 86 valence electrons. The summed E-state index contributed by atoms with van der Waals surface area (Å²) in [5.41, 5.74) is -0.538. The first-order valence-electron chi connectivity index (χ1n) is 5.08. The first-order chi connectivity index (χ1) is 6.64. The highest BCUT2D eigenvalue weighted by Gasteiger charge is 2.27. The SMILES string of the molecule is CCC(CO)(CO)COC(C)CCO. The molecule has 1 unspecified atom stereocenters. The summed E-state index contributed by atoms with van der Waals surface area (Å²) in [4.78, 5) is 0. The molecule has 0 bridgehead atoms. The van der Waals surface area contributed by atoms with Crippen LogP contribution in [-0.2, 0) is 4.74 Å². The van der Waals surface area contributed by atoms with Gasteiger partial charge in [-0.05, 0) is 19.8 Å². The summed E-state index contributed by atoms with van der Waals surface area (Å²) in [5, 5.41) is 26.9. The third-order valence-electron chi connectivity index (χ3n) is 2.63. The summed E-state index contributed by atoms with van der Waals surface area (Å²) in [6, 6.07) is 0. The van der Waals surface area contributed by atoms with Gasteiger partial charge in [-0.25, -0.2) is 0 Å². The molecule has 0 amide bonds. The Balaban J connectivity index is 3.92. The molecule has 0 aromatic rings. The van der Waals surface area contributed by atoms with Crippen LogP contribution in [0.5, 0.6) is 0 Å². The maximum absolute atomic E-state index is 9.13. The van der Waals surface area contributed by atoms with Crippen molar-refractivity contribution in [3.63, 3.8) is 0 Å². The third-order valence-corrected chi connectivity index (χ3v) is 2.63. The highest BCUT2D eigenvalue weighted by atomic mass is 16.5. The molecule has 0 aromatic carbocycles. The molecule has 0 fully saturated rings. The summed E-state index contributed by atoms with van der Waals surface area (Å²) >= 11 is 0. The first kappa shape index (κ1) is 13.8. The van der Waals surface area contributed by atoms with E-state index in [4.69, 9.17) is 20.1 Å². The number of aliphatic hydroxyl groups excluding tert-OH is 3. The van der Waals surface area contributed by atoms with Crippen LogP contribution in [0.15, 0.2) is 0 Å². The van der Waals surface area contributed by atoms with Crippen molar-refractivity contribution in [1.29, 1.82) is 0 Å². The molecule has 0 rings (SSSR count). The van der Waals surface area contributed by atoms with Crippen molar-refractivity contribution in [3.05, 3.63) is 0 Å². The Morgan fingerprint density at radius 2 is 1.79 bits per heavy atom. The lowest BCUT2D eigenvalue weighted by atomic mass is 9.88. The smallest absolute Gasteiger partial charge is 0.0570 e. The van der Waals surface area contributed by atoms with Crippen LogP contribution >= 0.6 is 0 Å². The van der Waals surface area contributed by atoms with Gasteiger partial charge in [0.15, 0.2) is 0 Å². The van der Waals surface area contributed by atoms with Crippen molar-refractivity contribution in [3.8, 4) is 0 Å². The lowest BCUT2D eigenvalue weighted by Gasteiger charge is -2.29. The van der Waals surface area contributed by atoms with Crippen LogP contribution in [0.4, 0.5) is 0 Å². The molecule has 0 saturated carbocycles. The Labute approximate surface area is 85.5 Å². The van der Waals surface area contributed by atoms with Gasteiger partial charge in [-0.15, -0.1) is 0 Å². The lowest BCUT2D eigenvalue weighted by Crippen LogP contribution is -2.35. The molecule has 0 aliphatic rings. The second-order valence-corrected chi connectivity index (χ2v) is 3.80. The minimum absolute atomic E-state index is 0.0379. The van der Waals surface area contributed by atoms with Crippen LogP contribution in [0.25, 0.3) is 0 Å². The van der Waals surface area contributed by atoms with E-state index in [2.05, 4.69) is 0 Å². The van der Waals surface area contributed by atoms with Gasteiger partial charge in [0.2, 0.25) is 0 Å². The molecule has 0 aliphatic heterocycles. The Morgan fingerprint density at radius 3 is 2.14 bits per heavy atom. The van der Waals surface area contributed by atoms with Gasteiger partial charge in [-0.2, -0.15) is 0 Å². The number of rotatable bonds is 8. The fraction of sp³-hybridized carbons (Fsp3) is 1.00. The van der Waals surface area contributed by atoms with Gasteiger partial charge in [-0.3, -0.25) is 0 Å². The van der Waals surface area contributed by atoms with Gasteiger partial charge < -0.3 is 20.1 Å².